The molecule has 7 aromatic carbocycles. The van der Waals surface area contributed by atoms with Crippen molar-refractivity contribution in [1.29, 1.82) is 0 Å². The molecule has 4 nitrogen and oxygen atoms in total. The summed E-state index contributed by atoms with van der Waals surface area (Å²) in [6.45, 7) is 0. The van der Waals surface area contributed by atoms with Crippen molar-refractivity contribution in [3.05, 3.63) is 206 Å². The predicted octanol–water partition coefficient (Wildman–Crippen LogP) is 12.9. The molecule has 0 bridgehead atoms. The maximum atomic E-state index is 5.13. The van der Waals surface area contributed by atoms with E-state index in [1.807, 2.05) is 48.5 Å². The summed E-state index contributed by atoms with van der Waals surface area (Å²) in [5.74, 6) is 0. The van der Waals surface area contributed by atoms with Gasteiger partial charge in [-0.3, -0.25) is 4.40 Å². The van der Waals surface area contributed by atoms with Gasteiger partial charge in [0.2, 0.25) is 0 Å². The second-order valence-corrected chi connectivity index (χ2v) is 13.7. The molecular weight excluding hydrogens is 669 g/mol. The Morgan fingerprint density at radius 1 is 0.273 bits per heavy atom. The number of para-hydroxylation sites is 2. The molecule has 0 spiro atoms. The van der Waals surface area contributed by atoms with Crippen LogP contribution in [0.5, 0.6) is 0 Å². The smallest absolute Gasteiger partial charge is 0.137 e. The highest BCUT2D eigenvalue weighted by molar-refractivity contribution is 5.88. The van der Waals surface area contributed by atoms with Crippen molar-refractivity contribution in [1.82, 2.24) is 19.4 Å². The number of pyridine rings is 1. The molecule has 0 saturated carbocycles. The first kappa shape index (κ1) is 32.2. The van der Waals surface area contributed by atoms with Gasteiger partial charge in [0.15, 0.2) is 0 Å². The summed E-state index contributed by atoms with van der Waals surface area (Å²) in [5.41, 5.74) is 17.7. The number of hydrogen-bond acceptors (Lipinski definition) is 3. The van der Waals surface area contributed by atoms with Crippen LogP contribution in [-0.4, -0.2) is 19.4 Å². The quantitative estimate of drug-likeness (QED) is 0.166. The lowest BCUT2D eigenvalue weighted by molar-refractivity contribution is 1.19. The number of imidazole rings is 1. The first-order chi connectivity index (χ1) is 27.2. The molecule has 0 amide bonds. The Morgan fingerprint density at radius 3 is 1.18 bits per heavy atom. The zero-order chi connectivity index (χ0) is 36.6. The maximum absolute atomic E-state index is 5.13. The van der Waals surface area contributed by atoms with E-state index in [2.05, 4.69) is 162 Å². The van der Waals surface area contributed by atoms with E-state index in [0.29, 0.717) is 0 Å². The fourth-order valence-corrected chi connectivity index (χ4v) is 7.47. The van der Waals surface area contributed by atoms with Crippen LogP contribution in [0.1, 0.15) is 0 Å². The number of hydrogen-bond donors (Lipinski definition) is 0. The summed E-state index contributed by atoms with van der Waals surface area (Å²) in [7, 11) is 0. The molecule has 55 heavy (non-hydrogen) atoms. The molecular formula is C51H34N4. The van der Waals surface area contributed by atoms with Gasteiger partial charge in [0, 0.05) is 28.5 Å². The topological polar surface area (TPSA) is 43.1 Å². The molecule has 0 aliphatic rings. The Bertz CT molecular complexity index is 2930. The minimum Gasteiger partial charge on any atom is -0.299 e. The first-order valence-corrected chi connectivity index (χ1v) is 18.5. The number of aromatic nitrogens is 4. The highest BCUT2D eigenvalue weighted by Gasteiger charge is 2.17. The second-order valence-electron chi connectivity index (χ2n) is 13.7. The zero-order valence-corrected chi connectivity index (χ0v) is 29.9. The van der Waals surface area contributed by atoms with Gasteiger partial charge in [-0.15, -0.1) is 0 Å². The van der Waals surface area contributed by atoms with Crippen LogP contribution in [-0.2, 0) is 0 Å². The molecule has 10 aromatic rings. The van der Waals surface area contributed by atoms with Gasteiger partial charge in [-0.05, 0) is 75.8 Å². The monoisotopic (exact) mass is 702 g/mol. The molecule has 0 radical (unpaired) electrons. The average molecular weight is 703 g/mol. The third kappa shape index (κ3) is 6.16. The highest BCUT2D eigenvalue weighted by atomic mass is 15.0. The van der Waals surface area contributed by atoms with Crippen LogP contribution in [0, 0.1) is 0 Å². The Labute approximate surface area is 319 Å². The van der Waals surface area contributed by atoms with Crippen molar-refractivity contribution < 1.29 is 0 Å². The summed E-state index contributed by atoms with van der Waals surface area (Å²) in [5, 5.41) is 0. The Morgan fingerprint density at radius 2 is 0.655 bits per heavy atom. The fourth-order valence-electron chi connectivity index (χ4n) is 7.47. The van der Waals surface area contributed by atoms with Gasteiger partial charge in [-0.25, -0.2) is 15.0 Å². The molecule has 0 saturated heterocycles. The van der Waals surface area contributed by atoms with E-state index in [1.54, 1.807) is 0 Å². The van der Waals surface area contributed by atoms with Gasteiger partial charge in [-0.1, -0.05) is 158 Å². The van der Waals surface area contributed by atoms with E-state index in [4.69, 9.17) is 15.0 Å². The lowest BCUT2D eigenvalue weighted by Crippen LogP contribution is -1.95. The van der Waals surface area contributed by atoms with Gasteiger partial charge >= 0.3 is 0 Å². The van der Waals surface area contributed by atoms with Crippen molar-refractivity contribution in [2.45, 2.75) is 0 Å². The molecule has 0 N–H and O–H groups in total. The molecule has 10 rings (SSSR count). The molecule has 4 heteroatoms. The third-order valence-electron chi connectivity index (χ3n) is 10.2. The molecule has 0 fully saturated rings. The van der Waals surface area contributed by atoms with E-state index in [-0.39, 0.29) is 0 Å². The average Bonchev–Trinajstić information content (AvgIpc) is 3.67. The summed E-state index contributed by atoms with van der Waals surface area (Å²) in [6, 6.07) is 70.1. The lowest BCUT2D eigenvalue weighted by Gasteiger charge is -2.13. The number of nitrogens with zero attached hydrogens (tertiary/aromatic N) is 4. The van der Waals surface area contributed by atoms with Crippen LogP contribution in [0.2, 0.25) is 0 Å². The van der Waals surface area contributed by atoms with Crippen molar-refractivity contribution in [3.8, 4) is 78.4 Å². The molecule has 0 atom stereocenters. The van der Waals surface area contributed by atoms with Crippen LogP contribution < -0.4 is 0 Å². The van der Waals surface area contributed by atoms with Gasteiger partial charge in [0.1, 0.15) is 5.65 Å². The molecule has 3 heterocycles. The number of rotatable bonds is 7. The molecule has 0 aliphatic carbocycles. The van der Waals surface area contributed by atoms with Crippen LogP contribution in [0.25, 0.3) is 95.1 Å². The van der Waals surface area contributed by atoms with Gasteiger partial charge in [0.05, 0.1) is 33.8 Å². The molecule has 0 unspecified atom stereocenters. The molecule has 0 aliphatic heterocycles. The zero-order valence-electron chi connectivity index (χ0n) is 29.9. The Balaban J connectivity index is 1.05. The van der Waals surface area contributed by atoms with Crippen molar-refractivity contribution in [2.75, 3.05) is 0 Å². The largest absolute Gasteiger partial charge is 0.299 e. The number of fused-ring (bicyclic) bond motifs is 2. The summed E-state index contributed by atoms with van der Waals surface area (Å²) >= 11 is 0. The lowest BCUT2D eigenvalue weighted by atomic mass is 9.92. The normalized spacial score (nSPS) is 11.3. The van der Waals surface area contributed by atoms with Gasteiger partial charge in [0.25, 0.3) is 0 Å². The van der Waals surface area contributed by atoms with Gasteiger partial charge in [-0.2, -0.15) is 0 Å². The van der Waals surface area contributed by atoms with E-state index in [1.165, 1.54) is 11.1 Å². The molecule has 3 aromatic heterocycles. The summed E-state index contributed by atoms with van der Waals surface area (Å²) in [6.07, 6.45) is 2.09. The second kappa shape index (κ2) is 13.8. The first-order valence-electron chi connectivity index (χ1n) is 18.5. The Hall–Kier alpha value is -7.43. The van der Waals surface area contributed by atoms with E-state index in [0.717, 1.165) is 84.0 Å². The van der Waals surface area contributed by atoms with E-state index in [9.17, 15) is 0 Å². The van der Waals surface area contributed by atoms with Crippen molar-refractivity contribution >= 4 is 16.7 Å². The minimum absolute atomic E-state index is 0.872. The van der Waals surface area contributed by atoms with Crippen molar-refractivity contribution in [3.63, 3.8) is 0 Å². The van der Waals surface area contributed by atoms with Crippen LogP contribution in [0.4, 0.5) is 0 Å². The number of benzene rings is 7. The minimum atomic E-state index is 0.872. The standard InChI is InChI=1S/C51H34N4/c1-4-14-35(15-5-1)42-32-43(36-23-27-39(28-24-36)49-48(38-16-6-2-7-17-38)52-45-20-10-11-21-46(45)53-49)34-44(33-42)37-25-29-40(30-26-37)50-51(41-18-8-3-9-19-41)55-31-13-12-22-47(55)54-50/h1-34H. The van der Waals surface area contributed by atoms with Crippen LogP contribution >= 0.6 is 0 Å². The van der Waals surface area contributed by atoms with Crippen LogP contribution in [0.15, 0.2) is 206 Å². The molecule has 258 valence electrons. The fraction of sp³-hybridized carbons (Fsp3) is 0. The van der Waals surface area contributed by atoms with E-state index >= 15 is 0 Å². The van der Waals surface area contributed by atoms with Crippen LogP contribution in [0.3, 0.4) is 0 Å². The maximum Gasteiger partial charge on any atom is 0.137 e. The highest BCUT2D eigenvalue weighted by Crippen LogP contribution is 2.38. The summed E-state index contributed by atoms with van der Waals surface area (Å²) in [4.78, 5) is 15.3. The Kier molecular flexibility index (Phi) is 8.12. The SMILES string of the molecule is c1ccc(-c2cc(-c3ccc(-c4nc5ccccc5nc4-c4ccccc4)cc3)cc(-c3ccc(-c4nc5ccccn5c4-c4ccccc4)cc3)c2)cc1. The summed E-state index contributed by atoms with van der Waals surface area (Å²) < 4.78 is 2.18. The van der Waals surface area contributed by atoms with Gasteiger partial charge < -0.3 is 0 Å². The van der Waals surface area contributed by atoms with Crippen molar-refractivity contribution in [2.24, 2.45) is 0 Å². The van der Waals surface area contributed by atoms with E-state index < -0.39 is 0 Å². The predicted molar refractivity (Wildman–Crippen MR) is 226 cm³/mol. The third-order valence-corrected chi connectivity index (χ3v) is 10.2.